The predicted molar refractivity (Wildman–Crippen MR) is 126 cm³/mol. The first-order chi connectivity index (χ1) is 16.8. The Kier molecular flexibility index (Phi) is 7.54. The summed E-state index contributed by atoms with van der Waals surface area (Å²) in [5, 5.41) is 2.77. The molecule has 3 aromatic rings. The number of carbonyl (C=O) groups excluding carboxylic acids is 2. The van der Waals surface area contributed by atoms with Gasteiger partial charge in [-0.1, -0.05) is 30.3 Å². The Balaban J connectivity index is 1.40. The molecule has 1 N–H and O–H groups in total. The minimum Gasteiger partial charge on any atom is -0.457 e. The topological polar surface area (TPSA) is 102 Å². The van der Waals surface area contributed by atoms with Crippen LogP contribution in [-0.2, 0) is 26.1 Å². The van der Waals surface area contributed by atoms with Crippen molar-refractivity contribution in [2.75, 3.05) is 31.6 Å². The molecular formula is C25H23FN2O6S. The van der Waals surface area contributed by atoms with Crippen molar-refractivity contribution in [1.82, 2.24) is 4.31 Å². The Morgan fingerprint density at radius 1 is 0.971 bits per heavy atom. The van der Waals surface area contributed by atoms with Gasteiger partial charge in [-0.2, -0.15) is 4.31 Å². The lowest BCUT2D eigenvalue weighted by molar-refractivity contribution is 0.0466. The Morgan fingerprint density at radius 3 is 2.34 bits per heavy atom. The van der Waals surface area contributed by atoms with Gasteiger partial charge in [0.1, 0.15) is 12.4 Å². The highest BCUT2D eigenvalue weighted by molar-refractivity contribution is 7.89. The molecule has 0 radical (unpaired) electrons. The Labute approximate surface area is 202 Å². The zero-order valence-electron chi connectivity index (χ0n) is 18.6. The van der Waals surface area contributed by atoms with E-state index in [1.54, 1.807) is 36.4 Å². The van der Waals surface area contributed by atoms with Crippen molar-refractivity contribution in [1.29, 1.82) is 0 Å². The lowest BCUT2D eigenvalue weighted by Crippen LogP contribution is -2.40. The molecule has 1 fully saturated rings. The van der Waals surface area contributed by atoms with Gasteiger partial charge in [0, 0.05) is 24.3 Å². The maximum atomic E-state index is 14.3. The van der Waals surface area contributed by atoms with Crippen LogP contribution in [0.4, 0.5) is 10.1 Å². The van der Waals surface area contributed by atoms with Gasteiger partial charge in [-0.3, -0.25) is 4.79 Å². The number of hydrogen-bond acceptors (Lipinski definition) is 6. The van der Waals surface area contributed by atoms with E-state index in [1.807, 2.05) is 18.2 Å². The van der Waals surface area contributed by atoms with Gasteiger partial charge in [-0.05, 0) is 48.0 Å². The second-order valence-electron chi connectivity index (χ2n) is 7.75. The van der Waals surface area contributed by atoms with E-state index in [9.17, 15) is 22.4 Å². The van der Waals surface area contributed by atoms with Gasteiger partial charge in [0.25, 0.3) is 5.91 Å². The molecule has 4 rings (SSSR count). The van der Waals surface area contributed by atoms with Crippen molar-refractivity contribution >= 4 is 27.6 Å². The average Bonchev–Trinajstić information content (AvgIpc) is 2.89. The van der Waals surface area contributed by atoms with Crippen LogP contribution in [0.3, 0.4) is 0 Å². The Bertz CT molecular complexity index is 1310. The number of nitrogens with zero attached hydrogens (tertiary/aromatic N) is 1. The van der Waals surface area contributed by atoms with Gasteiger partial charge in [0.2, 0.25) is 10.0 Å². The van der Waals surface area contributed by atoms with E-state index in [4.69, 9.17) is 9.47 Å². The van der Waals surface area contributed by atoms with Crippen molar-refractivity contribution in [2.24, 2.45) is 0 Å². The van der Waals surface area contributed by atoms with Crippen molar-refractivity contribution < 1.29 is 31.9 Å². The molecule has 0 saturated carbocycles. The molecule has 0 spiro atoms. The molecule has 35 heavy (non-hydrogen) atoms. The summed E-state index contributed by atoms with van der Waals surface area (Å²) < 4.78 is 51.6. The summed E-state index contributed by atoms with van der Waals surface area (Å²) in [6.07, 6.45) is 0. The summed E-state index contributed by atoms with van der Waals surface area (Å²) in [6, 6.07) is 18.4. The standard InChI is InChI=1S/C25H23FN2O6S/c26-23-11-10-21(35(31,32)28-12-14-33-15-13-28)16-22(23)25(30)34-17-18-6-8-19(9-7-18)24(29)27-20-4-2-1-3-5-20/h1-11,16H,12-15,17H2,(H,27,29). The number of esters is 1. The molecule has 1 saturated heterocycles. The summed E-state index contributed by atoms with van der Waals surface area (Å²) >= 11 is 0. The summed E-state index contributed by atoms with van der Waals surface area (Å²) in [4.78, 5) is 24.7. The van der Waals surface area contributed by atoms with Crippen molar-refractivity contribution in [3.05, 3.63) is 95.3 Å². The molecule has 1 amide bonds. The number of morpholine rings is 1. The second kappa shape index (κ2) is 10.8. The third-order valence-corrected chi connectivity index (χ3v) is 7.28. The molecule has 0 atom stereocenters. The Hall–Kier alpha value is -3.60. The number of amides is 1. The number of rotatable bonds is 7. The number of nitrogens with one attached hydrogen (secondary N) is 1. The number of anilines is 1. The number of benzene rings is 3. The van der Waals surface area contributed by atoms with Crippen LogP contribution in [-0.4, -0.2) is 50.9 Å². The first-order valence-electron chi connectivity index (χ1n) is 10.8. The third-order valence-electron chi connectivity index (χ3n) is 5.38. The maximum absolute atomic E-state index is 14.3. The largest absolute Gasteiger partial charge is 0.457 e. The molecule has 0 unspecified atom stereocenters. The van der Waals surface area contributed by atoms with Crippen LogP contribution >= 0.6 is 0 Å². The number of para-hydroxylation sites is 1. The first kappa shape index (κ1) is 24.5. The van der Waals surface area contributed by atoms with E-state index in [1.165, 1.54) is 4.31 Å². The van der Waals surface area contributed by atoms with Crippen molar-refractivity contribution in [2.45, 2.75) is 11.5 Å². The van der Waals surface area contributed by atoms with Crippen LogP contribution in [0, 0.1) is 5.82 Å². The molecule has 0 bridgehead atoms. The lowest BCUT2D eigenvalue weighted by Gasteiger charge is -2.26. The average molecular weight is 499 g/mol. The fourth-order valence-electron chi connectivity index (χ4n) is 3.46. The van der Waals surface area contributed by atoms with Crippen LogP contribution in [0.5, 0.6) is 0 Å². The van der Waals surface area contributed by atoms with Gasteiger partial charge < -0.3 is 14.8 Å². The smallest absolute Gasteiger partial charge is 0.341 e. The molecule has 8 nitrogen and oxygen atoms in total. The van der Waals surface area contributed by atoms with E-state index >= 15 is 0 Å². The van der Waals surface area contributed by atoms with E-state index < -0.39 is 27.4 Å². The fraction of sp³-hybridized carbons (Fsp3) is 0.200. The van der Waals surface area contributed by atoms with Crippen LogP contribution in [0.2, 0.25) is 0 Å². The van der Waals surface area contributed by atoms with Crippen LogP contribution in [0.1, 0.15) is 26.3 Å². The predicted octanol–water partition coefficient (Wildman–Crippen LogP) is 3.46. The minimum atomic E-state index is -3.90. The number of carbonyl (C=O) groups is 2. The SMILES string of the molecule is O=C(Nc1ccccc1)c1ccc(COC(=O)c2cc(S(=O)(=O)N3CCOCC3)ccc2F)cc1. The van der Waals surface area contributed by atoms with Gasteiger partial charge in [0.15, 0.2) is 0 Å². The van der Waals surface area contributed by atoms with E-state index in [2.05, 4.69) is 5.32 Å². The molecule has 0 aliphatic carbocycles. The highest BCUT2D eigenvalue weighted by atomic mass is 32.2. The number of ether oxygens (including phenoxy) is 2. The molecule has 1 aliphatic heterocycles. The lowest BCUT2D eigenvalue weighted by atomic mass is 10.1. The molecular weight excluding hydrogens is 475 g/mol. The zero-order chi connectivity index (χ0) is 24.8. The molecule has 1 heterocycles. The summed E-state index contributed by atoms with van der Waals surface area (Å²) in [5.41, 5.74) is 1.18. The summed E-state index contributed by atoms with van der Waals surface area (Å²) in [5.74, 6) is -2.17. The molecule has 1 aliphatic rings. The van der Waals surface area contributed by atoms with E-state index in [-0.39, 0.29) is 43.7 Å². The number of halogens is 1. The molecule has 0 aromatic heterocycles. The maximum Gasteiger partial charge on any atom is 0.341 e. The first-order valence-corrected chi connectivity index (χ1v) is 12.3. The quantitative estimate of drug-likeness (QED) is 0.501. The number of hydrogen-bond donors (Lipinski definition) is 1. The van der Waals surface area contributed by atoms with Gasteiger partial charge >= 0.3 is 5.97 Å². The molecule has 182 valence electrons. The zero-order valence-corrected chi connectivity index (χ0v) is 19.5. The minimum absolute atomic E-state index is 0.179. The highest BCUT2D eigenvalue weighted by Gasteiger charge is 2.28. The van der Waals surface area contributed by atoms with E-state index in [0.717, 1.165) is 18.2 Å². The Morgan fingerprint density at radius 2 is 1.66 bits per heavy atom. The van der Waals surface area contributed by atoms with E-state index in [0.29, 0.717) is 16.8 Å². The second-order valence-corrected chi connectivity index (χ2v) is 9.69. The number of sulfonamides is 1. The summed E-state index contributed by atoms with van der Waals surface area (Å²) in [7, 11) is -3.90. The van der Waals surface area contributed by atoms with Crippen molar-refractivity contribution in [3.8, 4) is 0 Å². The monoisotopic (exact) mass is 498 g/mol. The molecule has 3 aromatic carbocycles. The van der Waals surface area contributed by atoms with Gasteiger partial charge in [-0.15, -0.1) is 0 Å². The third kappa shape index (κ3) is 5.91. The van der Waals surface area contributed by atoms with Crippen LogP contribution < -0.4 is 5.32 Å². The van der Waals surface area contributed by atoms with Crippen LogP contribution in [0.25, 0.3) is 0 Å². The van der Waals surface area contributed by atoms with Gasteiger partial charge in [-0.25, -0.2) is 17.6 Å². The van der Waals surface area contributed by atoms with Crippen molar-refractivity contribution in [3.63, 3.8) is 0 Å². The summed E-state index contributed by atoms with van der Waals surface area (Å²) in [6.45, 7) is 0.709. The molecule has 10 heteroatoms. The van der Waals surface area contributed by atoms with Crippen LogP contribution in [0.15, 0.2) is 77.7 Å². The fourth-order valence-corrected chi connectivity index (χ4v) is 4.90. The van der Waals surface area contributed by atoms with Gasteiger partial charge in [0.05, 0.1) is 23.7 Å². The normalized spacial score (nSPS) is 14.3. The highest BCUT2D eigenvalue weighted by Crippen LogP contribution is 2.21.